The zero-order valence-electron chi connectivity index (χ0n) is 14.2. The number of carbonyl (C=O) groups excluding carboxylic acids is 1. The molecular formula is C16H33N2O+. The molecule has 0 atom stereocenters. The van der Waals surface area contributed by atoms with Crippen molar-refractivity contribution < 1.29 is 9.28 Å². The molecule has 3 nitrogen and oxygen atoms in total. The largest absolute Gasteiger partial charge is 0.352 e. The van der Waals surface area contributed by atoms with Gasteiger partial charge >= 0.3 is 0 Å². The van der Waals surface area contributed by atoms with Gasteiger partial charge in [-0.25, -0.2) is 0 Å². The minimum absolute atomic E-state index is 0.108. The van der Waals surface area contributed by atoms with Crippen molar-refractivity contribution in [1.29, 1.82) is 0 Å². The van der Waals surface area contributed by atoms with Crippen molar-refractivity contribution in [2.24, 2.45) is 5.41 Å². The SMILES string of the molecule is CC(C)=C(CC(C)(C)C)C(=O)NCCC[N+](C)(C)C. The number of carbonyl (C=O) groups is 1. The summed E-state index contributed by atoms with van der Waals surface area (Å²) >= 11 is 0. The quantitative estimate of drug-likeness (QED) is 0.448. The van der Waals surface area contributed by atoms with Crippen LogP contribution in [0.3, 0.4) is 0 Å². The molecule has 0 aliphatic carbocycles. The van der Waals surface area contributed by atoms with Crippen molar-refractivity contribution in [3.8, 4) is 0 Å². The van der Waals surface area contributed by atoms with E-state index in [-0.39, 0.29) is 11.3 Å². The van der Waals surface area contributed by atoms with Crippen LogP contribution in [0.4, 0.5) is 0 Å². The van der Waals surface area contributed by atoms with E-state index in [1.54, 1.807) is 0 Å². The van der Waals surface area contributed by atoms with Crippen molar-refractivity contribution in [2.45, 2.75) is 47.5 Å². The van der Waals surface area contributed by atoms with Gasteiger partial charge in [0, 0.05) is 18.5 Å². The summed E-state index contributed by atoms with van der Waals surface area (Å²) in [6, 6.07) is 0. The van der Waals surface area contributed by atoms with Gasteiger partial charge in [-0.1, -0.05) is 26.3 Å². The van der Waals surface area contributed by atoms with Crippen molar-refractivity contribution >= 4 is 5.91 Å². The first kappa shape index (κ1) is 18.2. The molecule has 0 saturated heterocycles. The van der Waals surface area contributed by atoms with E-state index in [0.29, 0.717) is 0 Å². The highest BCUT2D eigenvalue weighted by atomic mass is 16.1. The maximum Gasteiger partial charge on any atom is 0.247 e. The molecule has 0 aliphatic rings. The number of nitrogens with one attached hydrogen (secondary N) is 1. The molecule has 112 valence electrons. The standard InChI is InChI=1S/C16H32N2O/c1-13(2)14(12-16(3,4)5)15(19)17-10-9-11-18(6,7)8/h9-12H2,1-8H3/p+1. The third kappa shape index (κ3) is 9.71. The maximum atomic E-state index is 12.2. The lowest BCUT2D eigenvalue weighted by Crippen LogP contribution is -2.37. The number of hydrogen-bond donors (Lipinski definition) is 1. The number of allylic oxidation sites excluding steroid dienone is 1. The fraction of sp³-hybridized carbons (Fsp3) is 0.812. The number of quaternary nitrogens is 1. The van der Waals surface area contributed by atoms with Crippen LogP contribution in [-0.2, 0) is 4.79 Å². The second kappa shape index (κ2) is 7.09. The van der Waals surface area contributed by atoms with Crippen molar-refractivity contribution in [3.05, 3.63) is 11.1 Å². The molecule has 1 amide bonds. The molecule has 0 saturated carbocycles. The molecule has 0 aliphatic heterocycles. The van der Waals surface area contributed by atoms with E-state index >= 15 is 0 Å². The highest BCUT2D eigenvalue weighted by Gasteiger charge is 2.19. The van der Waals surface area contributed by atoms with Gasteiger partial charge in [-0.05, 0) is 25.7 Å². The fourth-order valence-electron chi connectivity index (χ4n) is 1.88. The summed E-state index contributed by atoms with van der Waals surface area (Å²) in [6.45, 7) is 12.4. The zero-order valence-corrected chi connectivity index (χ0v) is 14.2. The molecule has 0 rings (SSSR count). The van der Waals surface area contributed by atoms with Crippen LogP contribution in [0.1, 0.15) is 47.5 Å². The van der Waals surface area contributed by atoms with E-state index in [1.807, 2.05) is 13.8 Å². The summed E-state index contributed by atoms with van der Waals surface area (Å²) in [6.07, 6.45) is 1.84. The Kier molecular flexibility index (Phi) is 6.78. The second-order valence-electron chi connectivity index (χ2n) is 7.84. The molecule has 0 spiro atoms. The fourth-order valence-corrected chi connectivity index (χ4v) is 1.88. The molecule has 0 aromatic rings. The summed E-state index contributed by atoms with van der Waals surface area (Å²) in [5.41, 5.74) is 2.21. The van der Waals surface area contributed by atoms with Gasteiger partial charge in [0.25, 0.3) is 0 Å². The molecule has 19 heavy (non-hydrogen) atoms. The molecule has 0 radical (unpaired) electrons. The zero-order chi connectivity index (χ0) is 15.3. The molecule has 0 heterocycles. The third-order valence-corrected chi connectivity index (χ3v) is 2.88. The number of rotatable bonds is 6. The Balaban J connectivity index is 4.34. The summed E-state index contributed by atoms with van der Waals surface area (Å²) in [7, 11) is 6.51. The minimum atomic E-state index is 0.108. The van der Waals surface area contributed by atoms with Gasteiger partial charge in [-0.15, -0.1) is 0 Å². The van der Waals surface area contributed by atoms with Crippen LogP contribution < -0.4 is 5.32 Å². The highest BCUT2D eigenvalue weighted by molar-refractivity contribution is 5.94. The molecule has 0 unspecified atom stereocenters. The lowest BCUT2D eigenvalue weighted by Gasteiger charge is -2.24. The van der Waals surface area contributed by atoms with E-state index in [0.717, 1.165) is 41.6 Å². The Bertz CT molecular complexity index is 326. The van der Waals surface area contributed by atoms with Crippen LogP contribution in [0.25, 0.3) is 0 Å². The van der Waals surface area contributed by atoms with E-state index in [2.05, 4.69) is 47.2 Å². The molecule has 1 N–H and O–H groups in total. The number of hydrogen-bond acceptors (Lipinski definition) is 1. The molecule has 3 heteroatoms. The van der Waals surface area contributed by atoms with Crippen molar-refractivity contribution in [3.63, 3.8) is 0 Å². The Hall–Kier alpha value is -0.830. The predicted octanol–water partition coefficient (Wildman–Crippen LogP) is 2.97. The van der Waals surface area contributed by atoms with Gasteiger partial charge in [0.05, 0.1) is 27.7 Å². The van der Waals surface area contributed by atoms with Gasteiger partial charge in [0.2, 0.25) is 5.91 Å². The Labute approximate surface area is 119 Å². The van der Waals surface area contributed by atoms with Crippen molar-refractivity contribution in [1.82, 2.24) is 5.32 Å². The second-order valence-corrected chi connectivity index (χ2v) is 7.84. The summed E-state index contributed by atoms with van der Waals surface area (Å²) < 4.78 is 0.938. The molecule has 0 aromatic carbocycles. The van der Waals surface area contributed by atoms with Crippen LogP contribution in [0.5, 0.6) is 0 Å². The minimum Gasteiger partial charge on any atom is -0.352 e. The summed E-state index contributed by atoms with van der Waals surface area (Å²) in [5, 5.41) is 3.05. The number of amides is 1. The monoisotopic (exact) mass is 269 g/mol. The smallest absolute Gasteiger partial charge is 0.247 e. The third-order valence-electron chi connectivity index (χ3n) is 2.88. The first-order valence-electron chi connectivity index (χ1n) is 7.17. The number of nitrogens with zero attached hydrogens (tertiary/aromatic N) is 1. The van der Waals surface area contributed by atoms with E-state index in [1.165, 1.54) is 0 Å². The maximum absolute atomic E-state index is 12.2. The van der Waals surface area contributed by atoms with Crippen LogP contribution in [0.2, 0.25) is 0 Å². The van der Waals surface area contributed by atoms with E-state index in [9.17, 15) is 4.79 Å². The normalized spacial score (nSPS) is 12.2. The first-order chi connectivity index (χ1) is 8.42. The highest BCUT2D eigenvalue weighted by Crippen LogP contribution is 2.25. The van der Waals surface area contributed by atoms with E-state index < -0.39 is 0 Å². The van der Waals surface area contributed by atoms with Gasteiger partial charge < -0.3 is 9.80 Å². The Morgan fingerprint density at radius 3 is 2.00 bits per heavy atom. The first-order valence-corrected chi connectivity index (χ1v) is 7.17. The Morgan fingerprint density at radius 1 is 1.11 bits per heavy atom. The van der Waals surface area contributed by atoms with Crippen LogP contribution in [-0.4, -0.2) is 44.6 Å². The van der Waals surface area contributed by atoms with Gasteiger partial charge in [0.15, 0.2) is 0 Å². The molecule has 0 bridgehead atoms. The van der Waals surface area contributed by atoms with Crippen LogP contribution >= 0.6 is 0 Å². The lowest BCUT2D eigenvalue weighted by molar-refractivity contribution is -0.870. The lowest BCUT2D eigenvalue weighted by atomic mass is 9.86. The van der Waals surface area contributed by atoms with Gasteiger partial charge in [-0.2, -0.15) is 0 Å². The molecule has 0 fully saturated rings. The Morgan fingerprint density at radius 2 is 1.63 bits per heavy atom. The van der Waals surface area contributed by atoms with Crippen molar-refractivity contribution in [2.75, 3.05) is 34.2 Å². The summed E-state index contributed by atoms with van der Waals surface area (Å²) in [4.78, 5) is 12.2. The van der Waals surface area contributed by atoms with Gasteiger partial charge in [0.1, 0.15) is 0 Å². The average Bonchev–Trinajstić information content (AvgIpc) is 2.17. The summed E-state index contributed by atoms with van der Waals surface area (Å²) in [5.74, 6) is 0.108. The van der Waals surface area contributed by atoms with Crippen LogP contribution in [0.15, 0.2) is 11.1 Å². The van der Waals surface area contributed by atoms with E-state index in [4.69, 9.17) is 0 Å². The topological polar surface area (TPSA) is 29.1 Å². The van der Waals surface area contributed by atoms with Crippen LogP contribution in [0, 0.1) is 5.41 Å². The molecular weight excluding hydrogens is 236 g/mol. The van der Waals surface area contributed by atoms with Gasteiger partial charge in [-0.3, -0.25) is 4.79 Å². The average molecular weight is 269 g/mol. The predicted molar refractivity (Wildman–Crippen MR) is 83.0 cm³/mol. The molecule has 0 aromatic heterocycles.